The fraction of sp³-hybridized carbons (Fsp3) is 0.545. The molecule has 0 unspecified atom stereocenters. The molecule has 1 aliphatic carbocycles. The van der Waals surface area contributed by atoms with E-state index in [4.69, 9.17) is 22.1 Å². The van der Waals surface area contributed by atoms with Crippen LogP contribution in [0.25, 0.3) is 10.2 Å². The number of hydrogen-bond acceptors (Lipinski definition) is 7. The van der Waals surface area contributed by atoms with Gasteiger partial charge in [0.1, 0.15) is 24.8 Å². The van der Waals surface area contributed by atoms with Crippen LogP contribution in [0, 0.1) is 5.92 Å². The number of halogens is 1. The Balaban J connectivity index is 1.40. The maximum absolute atomic E-state index is 13.7. The zero-order valence-electron chi connectivity index (χ0n) is 17.5. The van der Waals surface area contributed by atoms with E-state index in [1.165, 1.54) is 16.2 Å². The van der Waals surface area contributed by atoms with Crippen LogP contribution in [0.2, 0.25) is 0 Å². The van der Waals surface area contributed by atoms with Crippen molar-refractivity contribution in [2.75, 3.05) is 18.9 Å². The number of fused-ring (bicyclic) bond motifs is 2. The van der Waals surface area contributed by atoms with Crippen molar-refractivity contribution in [2.45, 2.75) is 55.7 Å². The van der Waals surface area contributed by atoms with E-state index < -0.39 is 23.6 Å². The summed E-state index contributed by atoms with van der Waals surface area (Å²) in [7, 11) is 0. The average Bonchev–Trinajstić information content (AvgIpc) is 3.46. The van der Waals surface area contributed by atoms with Crippen LogP contribution in [0.1, 0.15) is 42.5 Å². The first kappa shape index (κ1) is 21.6. The second-order valence-corrected chi connectivity index (χ2v) is 10.4. The van der Waals surface area contributed by atoms with Crippen LogP contribution in [0.4, 0.5) is 5.13 Å². The molecule has 1 saturated carbocycles. The lowest BCUT2D eigenvalue weighted by Crippen LogP contribution is -2.55. The van der Waals surface area contributed by atoms with Gasteiger partial charge in [-0.05, 0) is 37.0 Å². The number of Topliss-reactive ketones (excluding diaryl/α,β-unsaturated/α-hetero) is 1. The summed E-state index contributed by atoms with van der Waals surface area (Å²) in [6.45, 7) is 0.216. The molecule has 0 bridgehead atoms. The van der Waals surface area contributed by atoms with Gasteiger partial charge in [-0.2, -0.15) is 0 Å². The molecule has 10 heteroatoms. The number of nitrogens with one attached hydrogen (secondary N) is 1. The Bertz CT molecular complexity index is 1070. The number of hydrogen-bond donors (Lipinski definition) is 2. The number of rotatable bonds is 4. The van der Waals surface area contributed by atoms with E-state index in [1.807, 2.05) is 0 Å². The number of likely N-dealkylation sites (tertiary alicyclic amines) is 1. The number of anilines is 1. The number of alkyl halides is 1. The summed E-state index contributed by atoms with van der Waals surface area (Å²) in [6.07, 6.45) is 4.40. The van der Waals surface area contributed by atoms with Crippen molar-refractivity contribution in [1.29, 1.82) is 0 Å². The second-order valence-electron chi connectivity index (χ2n) is 8.78. The molecule has 1 aromatic heterocycles. The van der Waals surface area contributed by atoms with Gasteiger partial charge in [0.05, 0.1) is 15.6 Å². The standard InChI is InChI=1S/C22H25ClN4O4S/c23-13-9-27(18-15(28)10-31-19(13)18)21(30)17(11-4-2-1-3-5-11)26-20(29)12-6-7-14-16(8-12)32-22(24)25-14/h6-8,11,13,17-19H,1-5,9-10H2,(H2,24,25)(H,26,29)/t13-,17-,18+,19+/m0/s1. The summed E-state index contributed by atoms with van der Waals surface area (Å²) in [4.78, 5) is 45.0. The fourth-order valence-corrected chi connectivity index (χ4v) is 6.29. The van der Waals surface area contributed by atoms with Crippen LogP contribution in [0.3, 0.4) is 0 Å². The summed E-state index contributed by atoms with van der Waals surface area (Å²) >= 11 is 7.71. The van der Waals surface area contributed by atoms with E-state index in [0.29, 0.717) is 10.7 Å². The van der Waals surface area contributed by atoms with Crippen molar-refractivity contribution in [3.05, 3.63) is 23.8 Å². The molecule has 2 aromatic rings. The Labute approximate surface area is 194 Å². The number of ether oxygens (including phenoxy) is 1. The van der Waals surface area contributed by atoms with E-state index in [2.05, 4.69) is 10.3 Å². The molecule has 3 aliphatic rings. The Kier molecular flexibility index (Phi) is 5.81. The smallest absolute Gasteiger partial charge is 0.251 e. The molecule has 3 fully saturated rings. The average molecular weight is 477 g/mol. The summed E-state index contributed by atoms with van der Waals surface area (Å²) < 4.78 is 6.34. The van der Waals surface area contributed by atoms with Gasteiger partial charge in [-0.15, -0.1) is 11.6 Å². The third-order valence-electron chi connectivity index (χ3n) is 6.75. The van der Waals surface area contributed by atoms with Gasteiger partial charge < -0.3 is 20.7 Å². The molecule has 4 atom stereocenters. The molecule has 2 saturated heterocycles. The molecule has 3 heterocycles. The first-order chi connectivity index (χ1) is 15.4. The number of nitrogen functional groups attached to an aromatic ring is 1. The number of ketones is 1. The van der Waals surface area contributed by atoms with E-state index in [9.17, 15) is 14.4 Å². The van der Waals surface area contributed by atoms with Crippen LogP contribution in [-0.2, 0) is 14.3 Å². The fourth-order valence-electron chi connectivity index (χ4n) is 5.16. The number of nitrogens with two attached hydrogens (primary N) is 1. The van der Waals surface area contributed by atoms with E-state index in [0.717, 1.165) is 42.3 Å². The molecule has 170 valence electrons. The molecular weight excluding hydrogens is 452 g/mol. The van der Waals surface area contributed by atoms with Gasteiger partial charge in [-0.1, -0.05) is 30.6 Å². The highest BCUT2D eigenvalue weighted by Crippen LogP contribution is 2.34. The van der Waals surface area contributed by atoms with Gasteiger partial charge in [0.2, 0.25) is 5.91 Å². The topological polar surface area (TPSA) is 115 Å². The third-order valence-corrected chi connectivity index (χ3v) is 7.98. The summed E-state index contributed by atoms with van der Waals surface area (Å²) in [6, 6.07) is 3.82. The van der Waals surface area contributed by atoms with Gasteiger partial charge in [0.15, 0.2) is 10.9 Å². The molecule has 32 heavy (non-hydrogen) atoms. The first-order valence-corrected chi connectivity index (χ1v) is 12.2. The van der Waals surface area contributed by atoms with Crippen LogP contribution in [-0.4, -0.2) is 64.2 Å². The Morgan fingerprint density at radius 2 is 2.06 bits per heavy atom. The third kappa shape index (κ3) is 3.86. The van der Waals surface area contributed by atoms with Gasteiger partial charge in [-0.25, -0.2) is 4.98 Å². The lowest BCUT2D eigenvalue weighted by atomic mass is 9.83. The van der Waals surface area contributed by atoms with E-state index in [-0.39, 0.29) is 36.7 Å². The number of aromatic nitrogens is 1. The van der Waals surface area contributed by atoms with Crippen molar-refractivity contribution in [3.8, 4) is 0 Å². The van der Waals surface area contributed by atoms with Crippen LogP contribution >= 0.6 is 22.9 Å². The van der Waals surface area contributed by atoms with Crippen molar-refractivity contribution in [2.24, 2.45) is 5.92 Å². The highest BCUT2D eigenvalue weighted by Gasteiger charge is 2.53. The van der Waals surface area contributed by atoms with Crippen LogP contribution in [0.5, 0.6) is 0 Å². The zero-order valence-corrected chi connectivity index (χ0v) is 19.0. The van der Waals surface area contributed by atoms with Crippen LogP contribution in [0.15, 0.2) is 18.2 Å². The zero-order chi connectivity index (χ0) is 22.4. The van der Waals surface area contributed by atoms with Gasteiger partial charge in [-0.3, -0.25) is 14.4 Å². The number of amides is 2. The predicted molar refractivity (Wildman–Crippen MR) is 122 cm³/mol. The molecule has 2 aliphatic heterocycles. The second kappa shape index (κ2) is 8.61. The number of thiazole rings is 1. The first-order valence-electron chi connectivity index (χ1n) is 11.0. The summed E-state index contributed by atoms with van der Waals surface area (Å²) in [5, 5.41) is 3.00. The molecule has 5 rings (SSSR count). The number of benzene rings is 1. The minimum Gasteiger partial charge on any atom is -0.375 e. The minimum atomic E-state index is -0.707. The van der Waals surface area contributed by atoms with E-state index in [1.54, 1.807) is 18.2 Å². The highest BCUT2D eigenvalue weighted by molar-refractivity contribution is 7.22. The quantitative estimate of drug-likeness (QED) is 0.654. The predicted octanol–water partition coefficient (Wildman–Crippen LogP) is 2.34. The van der Waals surface area contributed by atoms with Gasteiger partial charge >= 0.3 is 0 Å². The molecule has 2 amide bonds. The van der Waals surface area contributed by atoms with Gasteiger partial charge in [0.25, 0.3) is 5.91 Å². The maximum atomic E-state index is 13.7. The molecule has 1 aromatic carbocycles. The monoisotopic (exact) mass is 476 g/mol. The van der Waals surface area contributed by atoms with Crippen molar-refractivity contribution in [3.63, 3.8) is 0 Å². The normalized spacial score (nSPS) is 27.0. The van der Waals surface area contributed by atoms with Gasteiger partial charge in [0, 0.05) is 12.1 Å². The summed E-state index contributed by atoms with van der Waals surface area (Å²) in [5.41, 5.74) is 6.96. The Hall–Kier alpha value is -2.23. The number of nitrogens with zero attached hydrogens (tertiary/aromatic N) is 2. The largest absolute Gasteiger partial charge is 0.375 e. The number of carbonyl (C=O) groups is 3. The molecule has 0 spiro atoms. The molecule has 8 nitrogen and oxygen atoms in total. The van der Waals surface area contributed by atoms with Crippen molar-refractivity contribution < 1.29 is 19.1 Å². The maximum Gasteiger partial charge on any atom is 0.251 e. The molecule has 3 N–H and O–H groups in total. The summed E-state index contributed by atoms with van der Waals surface area (Å²) in [5.74, 6) is -0.679. The lowest BCUT2D eigenvalue weighted by molar-refractivity contribution is -0.139. The Morgan fingerprint density at radius 3 is 2.84 bits per heavy atom. The van der Waals surface area contributed by atoms with Crippen LogP contribution < -0.4 is 11.1 Å². The lowest BCUT2D eigenvalue weighted by Gasteiger charge is -2.34. The number of carbonyl (C=O) groups excluding carboxylic acids is 3. The Morgan fingerprint density at radius 1 is 1.28 bits per heavy atom. The molecular formula is C22H25ClN4O4S. The van der Waals surface area contributed by atoms with Crippen molar-refractivity contribution >= 4 is 55.9 Å². The van der Waals surface area contributed by atoms with Crippen molar-refractivity contribution in [1.82, 2.24) is 15.2 Å². The molecule has 0 radical (unpaired) electrons. The van der Waals surface area contributed by atoms with E-state index >= 15 is 0 Å². The minimum absolute atomic E-state index is 0.0215. The SMILES string of the molecule is Nc1nc2ccc(C(=O)N[C@H](C(=O)N3C[C@H](Cl)[C@H]4OCC(=O)[C@H]43)C3CCCCC3)cc2s1. The highest BCUT2D eigenvalue weighted by atomic mass is 35.5.